The van der Waals surface area contributed by atoms with Crippen molar-refractivity contribution >= 4 is 6.41 Å². The van der Waals surface area contributed by atoms with Crippen LogP contribution in [0.25, 0.3) is 0 Å². The number of rotatable bonds is 4. The van der Waals surface area contributed by atoms with Crippen LogP contribution < -0.4 is 5.32 Å². The molecule has 2 aromatic carbocycles. The van der Waals surface area contributed by atoms with Gasteiger partial charge in [-0.2, -0.15) is 0 Å². The van der Waals surface area contributed by atoms with Crippen LogP contribution in [0, 0.1) is 6.92 Å². The standard InChI is InChI=1S/C15H15NO/c1-12-7-9-14(10-8-12)15(16-11-17)13-5-3-2-4-6-13/h2-11,15H,1H3,(H,16,17). The molecule has 0 saturated carbocycles. The van der Waals surface area contributed by atoms with Gasteiger partial charge in [-0.25, -0.2) is 0 Å². The SMILES string of the molecule is Cc1ccc(C(NC=O)c2ccccc2)cc1. The van der Waals surface area contributed by atoms with Crippen LogP contribution in [-0.4, -0.2) is 6.41 Å². The zero-order valence-corrected chi connectivity index (χ0v) is 9.76. The molecule has 0 aliphatic heterocycles. The number of aryl methyl sites for hydroxylation is 1. The lowest BCUT2D eigenvalue weighted by Crippen LogP contribution is -2.20. The summed E-state index contributed by atoms with van der Waals surface area (Å²) in [6.07, 6.45) is 0.748. The average Bonchev–Trinajstić information content (AvgIpc) is 2.38. The van der Waals surface area contributed by atoms with Crippen LogP contribution in [0.1, 0.15) is 22.7 Å². The first-order valence-electron chi connectivity index (χ1n) is 5.62. The van der Waals surface area contributed by atoms with Crippen LogP contribution in [-0.2, 0) is 4.79 Å². The van der Waals surface area contributed by atoms with E-state index in [9.17, 15) is 4.79 Å². The lowest BCUT2D eigenvalue weighted by Gasteiger charge is -2.17. The van der Waals surface area contributed by atoms with E-state index in [1.54, 1.807) is 0 Å². The van der Waals surface area contributed by atoms with Crippen LogP contribution in [0.3, 0.4) is 0 Å². The average molecular weight is 225 g/mol. The highest BCUT2D eigenvalue weighted by Crippen LogP contribution is 2.21. The normalized spacial score (nSPS) is 11.8. The van der Waals surface area contributed by atoms with E-state index in [0.717, 1.165) is 17.5 Å². The quantitative estimate of drug-likeness (QED) is 0.796. The molecule has 0 bridgehead atoms. The number of amides is 1. The van der Waals surface area contributed by atoms with E-state index < -0.39 is 0 Å². The van der Waals surface area contributed by atoms with E-state index in [2.05, 4.69) is 24.4 Å². The van der Waals surface area contributed by atoms with Crippen molar-refractivity contribution in [3.8, 4) is 0 Å². The highest BCUT2D eigenvalue weighted by Gasteiger charge is 2.11. The Kier molecular flexibility index (Phi) is 3.55. The monoisotopic (exact) mass is 225 g/mol. The molecule has 0 fully saturated rings. The summed E-state index contributed by atoms with van der Waals surface area (Å²) < 4.78 is 0. The molecule has 1 unspecified atom stereocenters. The Hall–Kier alpha value is -2.09. The fraction of sp³-hybridized carbons (Fsp3) is 0.133. The van der Waals surface area contributed by atoms with Gasteiger partial charge in [-0.1, -0.05) is 60.2 Å². The van der Waals surface area contributed by atoms with Crippen molar-refractivity contribution in [2.75, 3.05) is 0 Å². The maximum atomic E-state index is 10.7. The Balaban J connectivity index is 2.35. The molecule has 0 aliphatic carbocycles. The van der Waals surface area contributed by atoms with E-state index in [1.807, 2.05) is 42.5 Å². The second-order valence-corrected chi connectivity index (χ2v) is 4.04. The van der Waals surface area contributed by atoms with Crippen LogP contribution >= 0.6 is 0 Å². The molecule has 1 atom stereocenters. The van der Waals surface area contributed by atoms with Gasteiger partial charge in [0, 0.05) is 0 Å². The van der Waals surface area contributed by atoms with Gasteiger partial charge in [-0.05, 0) is 18.1 Å². The zero-order valence-electron chi connectivity index (χ0n) is 9.76. The minimum absolute atomic E-state index is 0.0747. The minimum Gasteiger partial charge on any atom is -0.348 e. The lowest BCUT2D eigenvalue weighted by molar-refractivity contribution is -0.110. The van der Waals surface area contributed by atoms with E-state index in [4.69, 9.17) is 0 Å². The second kappa shape index (κ2) is 5.30. The number of nitrogens with one attached hydrogen (secondary N) is 1. The van der Waals surface area contributed by atoms with E-state index >= 15 is 0 Å². The van der Waals surface area contributed by atoms with Gasteiger partial charge in [0.05, 0.1) is 6.04 Å². The Morgan fingerprint density at radius 1 is 0.941 bits per heavy atom. The number of hydrogen-bond acceptors (Lipinski definition) is 1. The number of carbonyl (C=O) groups excluding carboxylic acids is 1. The molecule has 17 heavy (non-hydrogen) atoms. The zero-order chi connectivity index (χ0) is 12.1. The van der Waals surface area contributed by atoms with Gasteiger partial charge in [0.2, 0.25) is 6.41 Å². The molecule has 1 N–H and O–H groups in total. The molecule has 0 spiro atoms. The van der Waals surface area contributed by atoms with E-state index in [0.29, 0.717) is 0 Å². The number of carbonyl (C=O) groups is 1. The molecule has 2 aromatic rings. The fourth-order valence-corrected chi connectivity index (χ4v) is 1.86. The Labute approximate surface area is 101 Å². The maximum absolute atomic E-state index is 10.7. The molecule has 0 aliphatic rings. The molecule has 0 radical (unpaired) electrons. The molecular weight excluding hydrogens is 210 g/mol. The van der Waals surface area contributed by atoms with E-state index in [1.165, 1.54) is 5.56 Å². The molecular formula is C15H15NO. The summed E-state index contributed by atoms with van der Waals surface area (Å²) in [7, 11) is 0. The third-order valence-corrected chi connectivity index (χ3v) is 2.78. The van der Waals surface area contributed by atoms with Crippen molar-refractivity contribution < 1.29 is 4.79 Å². The summed E-state index contributed by atoms with van der Waals surface area (Å²) in [5.41, 5.74) is 3.39. The summed E-state index contributed by atoms with van der Waals surface area (Å²) in [5.74, 6) is 0. The lowest BCUT2D eigenvalue weighted by atomic mass is 9.98. The summed E-state index contributed by atoms with van der Waals surface area (Å²) >= 11 is 0. The van der Waals surface area contributed by atoms with Gasteiger partial charge >= 0.3 is 0 Å². The van der Waals surface area contributed by atoms with Crippen molar-refractivity contribution in [3.05, 3.63) is 71.3 Å². The first-order valence-corrected chi connectivity index (χ1v) is 5.62. The van der Waals surface area contributed by atoms with Crippen molar-refractivity contribution in [1.29, 1.82) is 0 Å². The highest BCUT2D eigenvalue weighted by molar-refractivity contribution is 5.50. The predicted octanol–water partition coefficient (Wildman–Crippen LogP) is 2.83. The van der Waals surface area contributed by atoms with Crippen LogP contribution in [0.4, 0.5) is 0 Å². The Morgan fingerprint density at radius 3 is 2.12 bits per heavy atom. The predicted molar refractivity (Wildman–Crippen MR) is 68.7 cm³/mol. The number of benzene rings is 2. The van der Waals surface area contributed by atoms with Gasteiger partial charge in [0.1, 0.15) is 0 Å². The summed E-state index contributed by atoms with van der Waals surface area (Å²) in [6.45, 7) is 2.05. The molecule has 1 amide bonds. The molecule has 2 nitrogen and oxygen atoms in total. The minimum atomic E-state index is -0.0747. The maximum Gasteiger partial charge on any atom is 0.207 e. The van der Waals surface area contributed by atoms with E-state index in [-0.39, 0.29) is 6.04 Å². The Bertz CT molecular complexity index is 476. The first-order chi connectivity index (χ1) is 8.31. The summed E-state index contributed by atoms with van der Waals surface area (Å²) in [5, 5.41) is 2.85. The summed E-state index contributed by atoms with van der Waals surface area (Å²) in [6, 6.07) is 18.1. The molecule has 2 rings (SSSR count). The smallest absolute Gasteiger partial charge is 0.207 e. The van der Waals surface area contributed by atoms with Crippen LogP contribution in [0.5, 0.6) is 0 Å². The first kappa shape index (κ1) is 11.4. The van der Waals surface area contributed by atoms with Crippen molar-refractivity contribution in [2.45, 2.75) is 13.0 Å². The molecule has 0 aromatic heterocycles. The van der Waals surface area contributed by atoms with Gasteiger partial charge < -0.3 is 5.32 Å². The van der Waals surface area contributed by atoms with Gasteiger partial charge in [-0.15, -0.1) is 0 Å². The molecule has 0 saturated heterocycles. The highest BCUT2D eigenvalue weighted by atomic mass is 16.1. The molecule has 2 heteroatoms. The van der Waals surface area contributed by atoms with Crippen molar-refractivity contribution in [3.63, 3.8) is 0 Å². The second-order valence-electron chi connectivity index (χ2n) is 4.04. The number of hydrogen-bond donors (Lipinski definition) is 1. The fourth-order valence-electron chi connectivity index (χ4n) is 1.86. The van der Waals surface area contributed by atoms with Gasteiger partial charge in [0.25, 0.3) is 0 Å². The van der Waals surface area contributed by atoms with Crippen molar-refractivity contribution in [1.82, 2.24) is 5.32 Å². The Morgan fingerprint density at radius 2 is 1.53 bits per heavy atom. The third-order valence-electron chi connectivity index (χ3n) is 2.78. The van der Waals surface area contributed by atoms with Crippen molar-refractivity contribution in [2.24, 2.45) is 0 Å². The van der Waals surface area contributed by atoms with Crippen LogP contribution in [0.15, 0.2) is 54.6 Å². The topological polar surface area (TPSA) is 29.1 Å². The molecule has 0 heterocycles. The summed E-state index contributed by atoms with van der Waals surface area (Å²) in [4.78, 5) is 10.7. The third kappa shape index (κ3) is 2.72. The van der Waals surface area contributed by atoms with Gasteiger partial charge in [0.15, 0.2) is 0 Å². The van der Waals surface area contributed by atoms with Gasteiger partial charge in [-0.3, -0.25) is 4.79 Å². The van der Waals surface area contributed by atoms with Crippen LogP contribution in [0.2, 0.25) is 0 Å². The largest absolute Gasteiger partial charge is 0.348 e. The molecule has 86 valence electrons.